The van der Waals surface area contributed by atoms with E-state index >= 15 is 0 Å². The monoisotopic (exact) mass is 478 g/mol. The highest BCUT2D eigenvalue weighted by Gasteiger charge is 2.39. The lowest BCUT2D eigenvalue weighted by atomic mass is 10.2. The second-order valence-corrected chi connectivity index (χ2v) is 16.0. The summed E-state index contributed by atoms with van der Waals surface area (Å²) in [5, 5.41) is 0.0713. The van der Waals surface area contributed by atoms with E-state index in [1.54, 1.807) is 4.90 Å². The minimum Gasteiger partial charge on any atom is -0.444 e. The third kappa shape index (κ3) is 8.43. The van der Waals surface area contributed by atoms with Crippen molar-refractivity contribution < 1.29 is 23.5 Å². The molecule has 8 heteroatoms. The van der Waals surface area contributed by atoms with Crippen molar-refractivity contribution >= 4 is 20.3 Å². The Balaban J connectivity index is 2.05. The van der Waals surface area contributed by atoms with Gasteiger partial charge in [0.15, 0.2) is 8.32 Å². The molecule has 0 bridgehead atoms. The van der Waals surface area contributed by atoms with E-state index in [0.717, 1.165) is 5.56 Å². The highest BCUT2D eigenvalue weighted by Crippen LogP contribution is 2.36. The maximum absolute atomic E-state index is 13.0. The van der Waals surface area contributed by atoms with E-state index in [1.165, 1.54) is 4.90 Å². The van der Waals surface area contributed by atoms with Crippen molar-refractivity contribution in [2.45, 2.75) is 77.9 Å². The van der Waals surface area contributed by atoms with Gasteiger partial charge in [-0.2, -0.15) is 0 Å². The van der Waals surface area contributed by atoms with Crippen LogP contribution in [0, 0.1) is 0 Å². The Hall–Kier alpha value is -1.90. The first kappa shape index (κ1) is 27.3. The van der Waals surface area contributed by atoms with E-state index in [9.17, 15) is 9.59 Å². The van der Waals surface area contributed by atoms with E-state index in [0.29, 0.717) is 32.9 Å². The van der Waals surface area contributed by atoms with Crippen LogP contribution < -0.4 is 0 Å². The van der Waals surface area contributed by atoms with Crippen LogP contribution in [0.2, 0.25) is 18.1 Å². The molecule has 1 aromatic rings. The molecule has 0 spiro atoms. The molecule has 1 saturated heterocycles. The normalized spacial score (nSPS) is 16.7. The van der Waals surface area contributed by atoms with Gasteiger partial charge in [-0.15, -0.1) is 0 Å². The highest BCUT2D eigenvalue weighted by atomic mass is 28.4. The zero-order valence-electron chi connectivity index (χ0n) is 21.6. The predicted molar refractivity (Wildman–Crippen MR) is 133 cm³/mol. The van der Waals surface area contributed by atoms with Crippen LogP contribution in [0.5, 0.6) is 0 Å². The Morgan fingerprint density at radius 1 is 1.03 bits per heavy atom. The Morgan fingerprint density at radius 2 is 1.67 bits per heavy atom. The number of carbonyl (C=O) groups is 2. The van der Waals surface area contributed by atoms with Gasteiger partial charge in [0.1, 0.15) is 12.1 Å². The van der Waals surface area contributed by atoms with E-state index in [2.05, 4.69) is 33.9 Å². The lowest BCUT2D eigenvalue weighted by Crippen LogP contribution is -2.58. The maximum Gasteiger partial charge on any atom is 0.410 e. The predicted octanol–water partition coefficient (Wildman–Crippen LogP) is 4.67. The number of amides is 2. The van der Waals surface area contributed by atoms with Crippen LogP contribution in [-0.2, 0) is 25.3 Å². The van der Waals surface area contributed by atoms with Gasteiger partial charge in [-0.3, -0.25) is 9.69 Å². The lowest BCUT2D eigenvalue weighted by Gasteiger charge is -2.42. The summed E-state index contributed by atoms with van der Waals surface area (Å²) in [6.07, 6.45) is -0.454. The lowest BCUT2D eigenvalue weighted by molar-refractivity contribution is -0.141. The number of ether oxygens (including phenoxy) is 2. The first-order chi connectivity index (χ1) is 15.2. The summed E-state index contributed by atoms with van der Waals surface area (Å²) in [5.74, 6) is -0.112. The fraction of sp³-hybridized carbons (Fsp3) is 0.680. The van der Waals surface area contributed by atoms with Gasteiger partial charge >= 0.3 is 6.09 Å². The van der Waals surface area contributed by atoms with Gasteiger partial charge in [-0.05, 0) is 44.5 Å². The van der Waals surface area contributed by atoms with Crippen molar-refractivity contribution in [2.24, 2.45) is 0 Å². The van der Waals surface area contributed by atoms with Crippen LogP contribution in [-0.4, -0.2) is 74.6 Å². The van der Waals surface area contributed by atoms with Crippen LogP contribution in [0.15, 0.2) is 30.3 Å². The van der Waals surface area contributed by atoms with Crippen LogP contribution in [0.4, 0.5) is 4.79 Å². The molecule has 2 amide bonds. The van der Waals surface area contributed by atoms with Gasteiger partial charge in [0.05, 0.1) is 25.9 Å². The number of piperazine rings is 1. The van der Waals surface area contributed by atoms with Gasteiger partial charge < -0.3 is 18.8 Å². The summed E-state index contributed by atoms with van der Waals surface area (Å²) < 4.78 is 17.9. The standard InChI is InChI=1S/C25H42N2O5Si/c1-24(2,3)32-23(29)26-14-15-27(22(28)16-26)21(19-31-33(7,8)25(4,5)6)18-30-17-20-12-10-9-11-13-20/h9-13,21H,14-19H2,1-8H3/t21-/m1/s1. The van der Waals surface area contributed by atoms with Crippen LogP contribution in [0.25, 0.3) is 0 Å². The fourth-order valence-electron chi connectivity index (χ4n) is 3.19. The number of carbonyl (C=O) groups excluding carboxylic acids is 2. The minimum atomic E-state index is -1.99. The van der Waals surface area contributed by atoms with E-state index in [-0.39, 0.29) is 23.5 Å². The molecule has 1 aromatic carbocycles. The number of rotatable bonds is 8. The minimum absolute atomic E-state index is 0.00416. The quantitative estimate of drug-likeness (QED) is 0.508. The Kier molecular flexibility index (Phi) is 9.13. The Bertz CT molecular complexity index is 786. The summed E-state index contributed by atoms with van der Waals surface area (Å²) in [6, 6.07) is 9.77. The second-order valence-electron chi connectivity index (χ2n) is 11.2. The molecule has 0 aliphatic carbocycles. The zero-order valence-corrected chi connectivity index (χ0v) is 22.6. The molecule has 186 valence electrons. The Morgan fingerprint density at radius 3 is 2.21 bits per heavy atom. The van der Waals surface area contributed by atoms with Crippen molar-refractivity contribution in [3.8, 4) is 0 Å². The molecule has 0 aromatic heterocycles. The zero-order chi connectivity index (χ0) is 24.9. The maximum atomic E-state index is 13.0. The summed E-state index contributed by atoms with van der Waals surface area (Å²) >= 11 is 0. The molecular weight excluding hydrogens is 436 g/mol. The molecule has 0 radical (unpaired) electrons. The number of hydrogen-bond donors (Lipinski definition) is 0. The SMILES string of the molecule is CC(C)(C)OC(=O)N1CCN([C@H](COCc2ccccc2)CO[Si](C)(C)C(C)(C)C)C(=O)C1. The summed E-state index contributed by atoms with van der Waals surface area (Å²) in [5.41, 5.74) is 0.491. The van der Waals surface area contributed by atoms with Crippen molar-refractivity contribution in [1.82, 2.24) is 9.80 Å². The van der Waals surface area contributed by atoms with Crippen molar-refractivity contribution in [1.29, 1.82) is 0 Å². The molecule has 1 heterocycles. The molecule has 0 saturated carbocycles. The molecular formula is C25H42N2O5Si. The second kappa shape index (κ2) is 11.0. The summed E-state index contributed by atoms with van der Waals surface area (Å²) in [6.45, 7) is 18.6. The molecule has 1 aliphatic heterocycles. The molecule has 33 heavy (non-hydrogen) atoms. The van der Waals surface area contributed by atoms with Crippen molar-refractivity contribution in [3.05, 3.63) is 35.9 Å². The third-order valence-corrected chi connectivity index (χ3v) is 10.7. The third-order valence-electron chi connectivity index (χ3n) is 6.21. The van der Waals surface area contributed by atoms with Crippen LogP contribution >= 0.6 is 0 Å². The van der Waals surface area contributed by atoms with Crippen LogP contribution in [0.1, 0.15) is 47.1 Å². The molecule has 7 nitrogen and oxygen atoms in total. The first-order valence-corrected chi connectivity index (χ1v) is 14.6. The first-order valence-electron chi connectivity index (χ1n) is 11.7. The van der Waals surface area contributed by atoms with Crippen molar-refractivity contribution in [2.75, 3.05) is 32.8 Å². The summed E-state index contributed by atoms with van der Waals surface area (Å²) in [4.78, 5) is 28.7. The van der Waals surface area contributed by atoms with Gasteiger partial charge in [-0.25, -0.2) is 4.79 Å². The molecule has 1 atom stereocenters. The van der Waals surface area contributed by atoms with Gasteiger partial charge in [0.2, 0.25) is 5.91 Å². The molecule has 1 fully saturated rings. The van der Waals surface area contributed by atoms with Crippen molar-refractivity contribution in [3.63, 3.8) is 0 Å². The smallest absolute Gasteiger partial charge is 0.410 e. The summed E-state index contributed by atoms with van der Waals surface area (Å²) in [7, 11) is -1.99. The van der Waals surface area contributed by atoms with Gasteiger partial charge in [-0.1, -0.05) is 51.1 Å². The molecule has 0 N–H and O–H groups in total. The van der Waals surface area contributed by atoms with Gasteiger partial charge in [0, 0.05) is 13.1 Å². The average molecular weight is 479 g/mol. The average Bonchev–Trinajstić information content (AvgIpc) is 2.69. The largest absolute Gasteiger partial charge is 0.444 e. The van der Waals surface area contributed by atoms with E-state index in [1.807, 2.05) is 51.1 Å². The van der Waals surface area contributed by atoms with Gasteiger partial charge in [0.25, 0.3) is 0 Å². The number of benzene rings is 1. The molecule has 1 aliphatic rings. The highest BCUT2D eigenvalue weighted by molar-refractivity contribution is 6.74. The van der Waals surface area contributed by atoms with E-state index < -0.39 is 20.0 Å². The van der Waals surface area contributed by atoms with E-state index in [4.69, 9.17) is 13.9 Å². The fourth-order valence-corrected chi connectivity index (χ4v) is 4.23. The topological polar surface area (TPSA) is 68.3 Å². The number of hydrogen-bond acceptors (Lipinski definition) is 5. The molecule has 0 unspecified atom stereocenters. The van der Waals surface area contributed by atoms with Crippen LogP contribution in [0.3, 0.4) is 0 Å². The number of nitrogens with zero attached hydrogens (tertiary/aromatic N) is 2. The Labute approximate surface area is 200 Å². The molecule has 2 rings (SSSR count).